The lowest BCUT2D eigenvalue weighted by Crippen LogP contribution is -2.23. The van der Waals surface area contributed by atoms with Crippen LogP contribution in [0.25, 0.3) is 10.2 Å². The van der Waals surface area contributed by atoms with Crippen LogP contribution in [0.15, 0.2) is 21.4 Å². The molecular formula is C9H10N2O2S2. The fourth-order valence-electron chi connectivity index (χ4n) is 1.38. The average molecular weight is 242 g/mol. The highest BCUT2D eigenvalue weighted by molar-refractivity contribution is 7.98. The highest BCUT2D eigenvalue weighted by Gasteiger charge is 2.10. The second kappa shape index (κ2) is 4.34. The number of fused-ring (bicyclic) bond motifs is 1. The summed E-state index contributed by atoms with van der Waals surface area (Å²) in [5.41, 5.74) is 0.678. The Labute approximate surface area is 94.6 Å². The van der Waals surface area contributed by atoms with Gasteiger partial charge in [-0.25, -0.2) is 4.98 Å². The molecule has 0 aliphatic carbocycles. The highest BCUT2D eigenvalue weighted by atomic mass is 32.2. The smallest absolute Gasteiger partial charge is 0.272 e. The summed E-state index contributed by atoms with van der Waals surface area (Å²) in [6, 6.07) is 1.84. The molecule has 0 saturated carbocycles. The van der Waals surface area contributed by atoms with E-state index in [2.05, 4.69) is 4.98 Å². The van der Waals surface area contributed by atoms with E-state index in [1.165, 1.54) is 27.7 Å². The number of hydrogen-bond donors (Lipinski definition) is 1. The zero-order valence-electron chi connectivity index (χ0n) is 8.14. The molecule has 2 aromatic rings. The Kier molecular flexibility index (Phi) is 3.08. The van der Waals surface area contributed by atoms with Crippen molar-refractivity contribution < 1.29 is 5.11 Å². The zero-order chi connectivity index (χ0) is 10.8. The molecule has 6 heteroatoms. The lowest BCUT2D eigenvalue weighted by atomic mass is 10.4. The molecule has 0 fully saturated rings. The minimum atomic E-state index is -0.0617. The molecule has 0 aromatic carbocycles. The Morgan fingerprint density at radius 3 is 3.13 bits per heavy atom. The topological polar surface area (TPSA) is 55.1 Å². The molecule has 2 aromatic heterocycles. The molecular weight excluding hydrogens is 232 g/mol. The molecule has 0 aliphatic heterocycles. The van der Waals surface area contributed by atoms with Crippen molar-refractivity contribution in [2.45, 2.75) is 11.7 Å². The van der Waals surface area contributed by atoms with Crippen LogP contribution in [0.4, 0.5) is 0 Å². The molecule has 0 aliphatic rings. The number of aromatic nitrogens is 2. The van der Waals surface area contributed by atoms with E-state index in [9.17, 15) is 4.79 Å². The van der Waals surface area contributed by atoms with Gasteiger partial charge in [-0.2, -0.15) is 0 Å². The van der Waals surface area contributed by atoms with Crippen molar-refractivity contribution in [1.82, 2.24) is 9.55 Å². The molecule has 1 N–H and O–H groups in total. The number of rotatable bonds is 3. The van der Waals surface area contributed by atoms with E-state index < -0.39 is 0 Å². The fraction of sp³-hybridized carbons (Fsp3) is 0.333. The average Bonchev–Trinajstić information content (AvgIpc) is 2.70. The van der Waals surface area contributed by atoms with E-state index in [-0.39, 0.29) is 12.2 Å². The summed E-state index contributed by atoms with van der Waals surface area (Å²) in [6.45, 7) is 0.252. The van der Waals surface area contributed by atoms with E-state index in [1.54, 1.807) is 0 Å². The first-order chi connectivity index (χ1) is 7.27. The van der Waals surface area contributed by atoms with Gasteiger partial charge in [0.2, 0.25) is 0 Å². The first-order valence-corrected chi connectivity index (χ1v) is 6.51. The molecule has 80 valence electrons. The van der Waals surface area contributed by atoms with Gasteiger partial charge in [0.05, 0.1) is 18.7 Å². The second-order valence-corrected chi connectivity index (χ2v) is 4.60. The quantitative estimate of drug-likeness (QED) is 0.648. The molecule has 0 radical (unpaired) electrons. The highest BCUT2D eigenvalue weighted by Crippen LogP contribution is 2.18. The zero-order valence-corrected chi connectivity index (χ0v) is 9.77. The van der Waals surface area contributed by atoms with Crippen LogP contribution in [-0.2, 0) is 6.54 Å². The van der Waals surface area contributed by atoms with Crippen molar-refractivity contribution in [2.75, 3.05) is 12.9 Å². The molecule has 4 nitrogen and oxygen atoms in total. The van der Waals surface area contributed by atoms with Gasteiger partial charge >= 0.3 is 0 Å². The number of aliphatic hydroxyl groups excluding tert-OH is 1. The van der Waals surface area contributed by atoms with Crippen LogP contribution in [0.2, 0.25) is 0 Å². The SMILES string of the molecule is CSc1nc2ccsc2c(=O)n1CCO. The molecule has 0 saturated heterocycles. The Morgan fingerprint density at radius 2 is 2.47 bits per heavy atom. The van der Waals surface area contributed by atoms with Gasteiger partial charge in [0.1, 0.15) is 4.70 Å². The van der Waals surface area contributed by atoms with Gasteiger partial charge in [0, 0.05) is 0 Å². The normalized spacial score (nSPS) is 11.1. The predicted molar refractivity (Wildman–Crippen MR) is 62.7 cm³/mol. The first kappa shape index (κ1) is 10.7. The van der Waals surface area contributed by atoms with Crippen molar-refractivity contribution in [3.05, 3.63) is 21.8 Å². The third-order valence-electron chi connectivity index (χ3n) is 2.04. The molecule has 0 bridgehead atoms. The van der Waals surface area contributed by atoms with Gasteiger partial charge in [-0.05, 0) is 17.7 Å². The minimum absolute atomic E-state index is 0.0496. The van der Waals surface area contributed by atoms with Crippen LogP contribution in [0.1, 0.15) is 0 Å². The standard InChI is InChI=1S/C9H10N2O2S2/c1-14-9-10-6-2-5-15-7(6)8(13)11(9)3-4-12/h2,5,12H,3-4H2,1H3. The monoisotopic (exact) mass is 242 g/mol. The summed E-state index contributed by atoms with van der Waals surface area (Å²) in [6.07, 6.45) is 1.87. The van der Waals surface area contributed by atoms with Crippen LogP contribution in [0.3, 0.4) is 0 Å². The van der Waals surface area contributed by atoms with Crippen molar-refractivity contribution in [3.63, 3.8) is 0 Å². The van der Waals surface area contributed by atoms with Crippen LogP contribution in [-0.4, -0.2) is 27.5 Å². The number of thioether (sulfide) groups is 1. The van der Waals surface area contributed by atoms with Crippen LogP contribution in [0.5, 0.6) is 0 Å². The van der Waals surface area contributed by atoms with Crippen molar-refractivity contribution in [1.29, 1.82) is 0 Å². The fourth-order valence-corrected chi connectivity index (χ4v) is 2.74. The number of hydrogen-bond acceptors (Lipinski definition) is 5. The largest absolute Gasteiger partial charge is 0.395 e. The van der Waals surface area contributed by atoms with Crippen molar-refractivity contribution >= 4 is 33.3 Å². The van der Waals surface area contributed by atoms with E-state index in [0.717, 1.165) is 5.52 Å². The maximum Gasteiger partial charge on any atom is 0.272 e. The van der Waals surface area contributed by atoms with E-state index in [4.69, 9.17) is 5.11 Å². The summed E-state index contributed by atoms with van der Waals surface area (Å²) >= 11 is 2.80. The number of nitrogens with zero attached hydrogens (tertiary/aromatic N) is 2. The summed E-state index contributed by atoms with van der Waals surface area (Å²) in [5, 5.41) is 11.4. The van der Waals surface area contributed by atoms with Crippen LogP contribution in [0, 0.1) is 0 Å². The summed E-state index contributed by atoms with van der Waals surface area (Å²) < 4.78 is 2.17. The summed E-state index contributed by atoms with van der Waals surface area (Å²) in [4.78, 5) is 16.3. The third kappa shape index (κ3) is 1.80. The van der Waals surface area contributed by atoms with Crippen molar-refractivity contribution in [3.8, 4) is 0 Å². The van der Waals surface area contributed by atoms with Crippen molar-refractivity contribution in [2.24, 2.45) is 0 Å². The van der Waals surface area contributed by atoms with Gasteiger partial charge in [-0.3, -0.25) is 9.36 Å². The lowest BCUT2D eigenvalue weighted by molar-refractivity contribution is 0.268. The van der Waals surface area contributed by atoms with E-state index >= 15 is 0 Å². The van der Waals surface area contributed by atoms with Crippen LogP contribution >= 0.6 is 23.1 Å². The molecule has 0 unspecified atom stereocenters. The Balaban J connectivity index is 2.74. The summed E-state index contributed by atoms with van der Waals surface area (Å²) in [7, 11) is 0. The van der Waals surface area contributed by atoms with Gasteiger partial charge in [-0.15, -0.1) is 11.3 Å². The Bertz CT molecular complexity index is 532. The molecule has 0 atom stereocenters. The molecule has 0 amide bonds. The Hall–Kier alpha value is -0.850. The molecule has 2 heterocycles. The molecule has 15 heavy (non-hydrogen) atoms. The third-order valence-corrected chi connectivity index (χ3v) is 3.61. The van der Waals surface area contributed by atoms with Crippen LogP contribution < -0.4 is 5.56 Å². The molecule has 2 rings (SSSR count). The lowest BCUT2D eigenvalue weighted by Gasteiger charge is -2.08. The number of aliphatic hydroxyl groups is 1. The van der Waals surface area contributed by atoms with Gasteiger partial charge < -0.3 is 5.11 Å². The summed E-state index contributed by atoms with van der Waals surface area (Å²) in [5.74, 6) is 0. The predicted octanol–water partition coefficient (Wildman–Crippen LogP) is 1.17. The Morgan fingerprint density at radius 1 is 1.67 bits per heavy atom. The van der Waals surface area contributed by atoms with Gasteiger partial charge in [0.15, 0.2) is 5.16 Å². The first-order valence-electron chi connectivity index (χ1n) is 4.41. The second-order valence-electron chi connectivity index (χ2n) is 2.91. The van der Waals surface area contributed by atoms with E-state index in [1.807, 2.05) is 17.7 Å². The molecule has 0 spiro atoms. The van der Waals surface area contributed by atoms with Gasteiger partial charge in [-0.1, -0.05) is 11.8 Å². The van der Waals surface area contributed by atoms with E-state index in [0.29, 0.717) is 16.4 Å². The maximum absolute atomic E-state index is 12.0. The maximum atomic E-state index is 12.0. The minimum Gasteiger partial charge on any atom is -0.395 e. The number of thiophene rings is 1. The van der Waals surface area contributed by atoms with Gasteiger partial charge in [0.25, 0.3) is 5.56 Å².